The van der Waals surface area contributed by atoms with Gasteiger partial charge in [-0.15, -0.1) is 0 Å². The van der Waals surface area contributed by atoms with Crippen LogP contribution in [0.4, 0.5) is 0 Å². The molecule has 5 nitrogen and oxygen atoms in total. The van der Waals surface area contributed by atoms with Crippen LogP contribution >= 0.6 is 0 Å². The van der Waals surface area contributed by atoms with Crippen LogP contribution < -0.4 is 0 Å². The van der Waals surface area contributed by atoms with Gasteiger partial charge < -0.3 is 14.2 Å². The van der Waals surface area contributed by atoms with E-state index in [0.717, 1.165) is 11.3 Å². The summed E-state index contributed by atoms with van der Waals surface area (Å²) in [7, 11) is 0. The van der Waals surface area contributed by atoms with Gasteiger partial charge in [0.2, 0.25) is 0 Å². The van der Waals surface area contributed by atoms with Crippen molar-refractivity contribution in [2.45, 2.75) is 32.4 Å². The second-order valence-corrected chi connectivity index (χ2v) is 4.80. The van der Waals surface area contributed by atoms with Gasteiger partial charge in [-0.2, -0.15) is 0 Å². The fourth-order valence-electron chi connectivity index (χ4n) is 2.32. The Bertz CT molecular complexity index is 593. The molecule has 1 aliphatic rings. The lowest BCUT2D eigenvalue weighted by molar-refractivity contribution is 0.0685. The standard InChI is InChI=1S/C13H15N3O2/c1-9-4-5-15(12(9)13(17)18)7-11-6-14-8-16(11)10-2-3-10/h4-6,8,10H,2-3,7H2,1H3,(H,17,18). The molecule has 1 saturated carbocycles. The number of nitrogens with zero attached hydrogens (tertiary/aromatic N) is 3. The van der Waals surface area contributed by atoms with Crippen molar-refractivity contribution >= 4 is 5.97 Å². The lowest BCUT2D eigenvalue weighted by atomic mass is 10.3. The molecule has 0 radical (unpaired) electrons. The highest BCUT2D eigenvalue weighted by molar-refractivity contribution is 5.87. The summed E-state index contributed by atoms with van der Waals surface area (Å²) in [6.07, 6.45) is 7.87. The van der Waals surface area contributed by atoms with Crippen LogP contribution in [0.2, 0.25) is 0 Å². The number of imidazole rings is 1. The van der Waals surface area contributed by atoms with Crippen LogP contribution in [0, 0.1) is 6.92 Å². The average Bonchev–Trinajstić information content (AvgIpc) is 2.95. The monoisotopic (exact) mass is 245 g/mol. The van der Waals surface area contributed by atoms with E-state index in [1.54, 1.807) is 4.57 Å². The van der Waals surface area contributed by atoms with Crippen LogP contribution in [0.25, 0.3) is 0 Å². The van der Waals surface area contributed by atoms with Crippen LogP contribution in [0.5, 0.6) is 0 Å². The van der Waals surface area contributed by atoms with Gasteiger partial charge in [0.05, 0.1) is 18.6 Å². The smallest absolute Gasteiger partial charge is 0.352 e. The van der Waals surface area contributed by atoms with Gasteiger partial charge in [-0.3, -0.25) is 0 Å². The zero-order valence-corrected chi connectivity index (χ0v) is 10.2. The molecular weight excluding hydrogens is 230 g/mol. The normalized spacial score (nSPS) is 14.9. The molecule has 3 rings (SSSR count). The quantitative estimate of drug-likeness (QED) is 0.897. The first-order chi connectivity index (χ1) is 8.66. The molecule has 2 aromatic heterocycles. The van der Waals surface area contributed by atoms with E-state index in [2.05, 4.69) is 9.55 Å². The van der Waals surface area contributed by atoms with E-state index >= 15 is 0 Å². The van der Waals surface area contributed by atoms with Gasteiger partial charge >= 0.3 is 5.97 Å². The molecule has 2 aromatic rings. The summed E-state index contributed by atoms with van der Waals surface area (Å²) in [5, 5.41) is 9.21. The highest BCUT2D eigenvalue weighted by Gasteiger charge is 2.25. The Labute approximate surface area is 105 Å². The van der Waals surface area contributed by atoms with Crippen molar-refractivity contribution in [2.24, 2.45) is 0 Å². The number of aryl methyl sites for hydroxylation is 1. The minimum absolute atomic E-state index is 0.360. The molecule has 1 N–H and O–H groups in total. The summed E-state index contributed by atoms with van der Waals surface area (Å²) in [6, 6.07) is 2.40. The molecule has 1 fully saturated rings. The third kappa shape index (κ3) is 1.81. The van der Waals surface area contributed by atoms with Crippen molar-refractivity contribution in [1.82, 2.24) is 14.1 Å². The Morgan fingerprint density at radius 3 is 3.00 bits per heavy atom. The average molecular weight is 245 g/mol. The maximum atomic E-state index is 11.2. The predicted molar refractivity (Wildman–Crippen MR) is 65.7 cm³/mol. The second kappa shape index (κ2) is 4.01. The predicted octanol–water partition coefficient (Wildman–Crippen LogP) is 2.07. The SMILES string of the molecule is Cc1ccn(Cc2cncn2C2CC2)c1C(=O)O. The van der Waals surface area contributed by atoms with Crippen LogP contribution in [0.15, 0.2) is 24.8 Å². The molecular formula is C13H15N3O2. The van der Waals surface area contributed by atoms with Gasteiger partial charge in [0.25, 0.3) is 0 Å². The van der Waals surface area contributed by atoms with E-state index in [1.807, 2.05) is 31.7 Å². The first-order valence-electron chi connectivity index (χ1n) is 6.06. The van der Waals surface area contributed by atoms with Crippen LogP contribution in [-0.4, -0.2) is 25.2 Å². The first kappa shape index (κ1) is 11.1. The number of carbonyl (C=O) groups is 1. The van der Waals surface area contributed by atoms with E-state index in [0.29, 0.717) is 18.3 Å². The van der Waals surface area contributed by atoms with Gasteiger partial charge in [0.1, 0.15) is 5.69 Å². The van der Waals surface area contributed by atoms with Crippen molar-refractivity contribution < 1.29 is 9.90 Å². The van der Waals surface area contributed by atoms with Crippen LogP contribution in [0.1, 0.15) is 40.6 Å². The van der Waals surface area contributed by atoms with Crippen molar-refractivity contribution in [2.75, 3.05) is 0 Å². The van der Waals surface area contributed by atoms with Gasteiger partial charge in [-0.05, 0) is 31.4 Å². The molecule has 0 bridgehead atoms. The number of hydrogen-bond acceptors (Lipinski definition) is 2. The van der Waals surface area contributed by atoms with E-state index in [9.17, 15) is 9.90 Å². The van der Waals surface area contributed by atoms with Crippen molar-refractivity contribution in [3.8, 4) is 0 Å². The topological polar surface area (TPSA) is 60.0 Å². The Morgan fingerprint density at radius 2 is 2.33 bits per heavy atom. The van der Waals surface area contributed by atoms with E-state index in [1.165, 1.54) is 12.8 Å². The van der Waals surface area contributed by atoms with Crippen LogP contribution in [-0.2, 0) is 6.54 Å². The third-order valence-electron chi connectivity index (χ3n) is 3.39. The Balaban J connectivity index is 1.92. The number of aromatic carboxylic acids is 1. The maximum Gasteiger partial charge on any atom is 0.352 e. The molecule has 0 spiro atoms. The summed E-state index contributed by atoms with van der Waals surface area (Å²) >= 11 is 0. The third-order valence-corrected chi connectivity index (χ3v) is 3.39. The highest BCUT2D eigenvalue weighted by atomic mass is 16.4. The molecule has 0 aliphatic heterocycles. The van der Waals surface area contributed by atoms with Gasteiger partial charge in [0, 0.05) is 18.4 Å². The highest BCUT2D eigenvalue weighted by Crippen LogP contribution is 2.35. The summed E-state index contributed by atoms with van der Waals surface area (Å²) < 4.78 is 3.93. The van der Waals surface area contributed by atoms with E-state index < -0.39 is 5.97 Å². The van der Waals surface area contributed by atoms with Gasteiger partial charge in [-0.25, -0.2) is 9.78 Å². The maximum absolute atomic E-state index is 11.2. The fraction of sp³-hybridized carbons (Fsp3) is 0.385. The molecule has 18 heavy (non-hydrogen) atoms. The van der Waals surface area contributed by atoms with Crippen molar-refractivity contribution in [3.05, 3.63) is 41.7 Å². The Kier molecular flexibility index (Phi) is 2.47. The molecule has 94 valence electrons. The molecule has 0 unspecified atom stereocenters. The molecule has 0 atom stereocenters. The summed E-state index contributed by atoms with van der Waals surface area (Å²) in [6.45, 7) is 2.38. The first-order valence-corrected chi connectivity index (χ1v) is 6.06. The molecule has 0 aromatic carbocycles. The minimum atomic E-state index is -0.880. The van der Waals surface area contributed by atoms with E-state index in [-0.39, 0.29) is 0 Å². The number of hydrogen-bond donors (Lipinski definition) is 1. The van der Waals surface area contributed by atoms with Gasteiger partial charge in [0.15, 0.2) is 0 Å². The molecule has 5 heteroatoms. The zero-order valence-electron chi connectivity index (χ0n) is 10.2. The lowest BCUT2D eigenvalue weighted by Crippen LogP contribution is -2.12. The Hall–Kier alpha value is -2.04. The number of rotatable bonds is 4. The second-order valence-electron chi connectivity index (χ2n) is 4.80. The summed E-state index contributed by atoms with van der Waals surface area (Å²) in [4.78, 5) is 15.4. The van der Waals surface area contributed by atoms with Crippen molar-refractivity contribution in [1.29, 1.82) is 0 Å². The largest absolute Gasteiger partial charge is 0.477 e. The molecule has 0 amide bonds. The van der Waals surface area contributed by atoms with Gasteiger partial charge in [-0.1, -0.05) is 0 Å². The number of aromatic nitrogens is 3. The summed E-state index contributed by atoms with van der Waals surface area (Å²) in [5.74, 6) is -0.880. The van der Waals surface area contributed by atoms with Crippen molar-refractivity contribution in [3.63, 3.8) is 0 Å². The zero-order chi connectivity index (χ0) is 12.7. The fourth-order valence-corrected chi connectivity index (χ4v) is 2.32. The Morgan fingerprint density at radius 1 is 1.56 bits per heavy atom. The lowest BCUT2D eigenvalue weighted by Gasteiger charge is -2.09. The summed E-state index contributed by atoms with van der Waals surface area (Å²) in [5.41, 5.74) is 2.22. The van der Waals surface area contributed by atoms with E-state index in [4.69, 9.17) is 0 Å². The number of carboxylic acid groups (broad SMARTS) is 1. The van der Waals surface area contributed by atoms with Crippen LogP contribution in [0.3, 0.4) is 0 Å². The molecule has 1 aliphatic carbocycles. The molecule has 0 saturated heterocycles. The molecule has 2 heterocycles. The number of carboxylic acids is 1. The minimum Gasteiger partial charge on any atom is -0.477 e.